The Bertz CT molecular complexity index is 87.9. The summed E-state index contributed by atoms with van der Waals surface area (Å²) in [6.07, 6.45) is 0. The molecule has 0 saturated carbocycles. The van der Waals surface area contributed by atoms with E-state index in [1.54, 1.807) is 6.92 Å². The van der Waals surface area contributed by atoms with Crippen LogP contribution in [0.15, 0.2) is 12.2 Å². The highest BCUT2D eigenvalue weighted by Gasteiger charge is 1.91. The number of hydrogen-bond acceptors (Lipinski definition) is 1. The Labute approximate surface area is 45.0 Å². The van der Waals surface area contributed by atoms with Gasteiger partial charge in [0.2, 0.25) is 11.2 Å². The first-order valence-corrected chi connectivity index (χ1v) is 3.04. The zero-order valence-electron chi connectivity index (χ0n) is 4.11. The second-order valence-corrected chi connectivity index (χ2v) is 2.26. The summed E-state index contributed by atoms with van der Waals surface area (Å²) in [4.78, 5) is 0. The summed E-state index contributed by atoms with van der Waals surface area (Å²) in [6, 6.07) is 0. The highest BCUT2D eigenvalue weighted by atomic mass is 32.2. The topological polar surface area (TPSA) is 17.1 Å². The predicted molar refractivity (Wildman–Crippen MR) is 28.9 cm³/mol. The van der Waals surface area contributed by atoms with Crippen LogP contribution < -0.4 is 0 Å². The standard InChI is InChI=1S/C4H7FOS/c1-4(2)3-7(5)6/h1,3H2,2H3. The van der Waals surface area contributed by atoms with Crippen molar-refractivity contribution >= 4 is 11.2 Å². The van der Waals surface area contributed by atoms with Crippen molar-refractivity contribution in [1.82, 2.24) is 0 Å². The van der Waals surface area contributed by atoms with E-state index in [1.165, 1.54) is 0 Å². The summed E-state index contributed by atoms with van der Waals surface area (Å²) in [5.41, 5.74) is 0.612. The van der Waals surface area contributed by atoms with Crippen LogP contribution in [0.25, 0.3) is 0 Å². The molecule has 0 rings (SSSR count). The second kappa shape index (κ2) is 2.91. The SMILES string of the molecule is C=C(C)CS(=O)F. The highest BCUT2D eigenvalue weighted by molar-refractivity contribution is 7.79. The fraction of sp³-hybridized carbons (Fsp3) is 0.500. The second-order valence-electron chi connectivity index (χ2n) is 1.39. The zero-order chi connectivity index (χ0) is 5.86. The molecular formula is C4H7FOS. The third-order valence-corrected chi connectivity index (χ3v) is 1.08. The maximum atomic E-state index is 11.4. The molecule has 7 heavy (non-hydrogen) atoms. The smallest absolute Gasteiger partial charge is 0.202 e. The average molecular weight is 122 g/mol. The van der Waals surface area contributed by atoms with Gasteiger partial charge in [0.05, 0.1) is 5.75 Å². The lowest BCUT2D eigenvalue weighted by Gasteiger charge is -1.85. The minimum atomic E-state index is -2.20. The van der Waals surface area contributed by atoms with Gasteiger partial charge in [0.1, 0.15) is 0 Å². The van der Waals surface area contributed by atoms with Gasteiger partial charge in [-0.25, -0.2) is 4.21 Å². The molecule has 3 heteroatoms. The van der Waals surface area contributed by atoms with Crippen LogP contribution in [0.4, 0.5) is 3.89 Å². The molecule has 0 heterocycles. The molecule has 1 unspecified atom stereocenters. The van der Waals surface area contributed by atoms with Crippen LogP contribution in [0.2, 0.25) is 0 Å². The van der Waals surface area contributed by atoms with Gasteiger partial charge < -0.3 is 0 Å². The Kier molecular flexibility index (Phi) is 2.83. The molecular weight excluding hydrogens is 115 g/mol. The van der Waals surface area contributed by atoms with Crippen molar-refractivity contribution in [2.24, 2.45) is 0 Å². The number of hydrogen-bond donors (Lipinski definition) is 0. The predicted octanol–water partition coefficient (Wildman–Crippen LogP) is 1.20. The van der Waals surface area contributed by atoms with Gasteiger partial charge in [0, 0.05) is 0 Å². The van der Waals surface area contributed by atoms with Crippen LogP contribution in [-0.2, 0) is 11.2 Å². The van der Waals surface area contributed by atoms with Gasteiger partial charge in [-0.05, 0) is 6.92 Å². The van der Waals surface area contributed by atoms with E-state index in [4.69, 9.17) is 0 Å². The maximum Gasteiger partial charge on any atom is 0.202 e. The first kappa shape index (κ1) is 6.82. The van der Waals surface area contributed by atoms with Gasteiger partial charge in [-0.3, -0.25) is 0 Å². The zero-order valence-corrected chi connectivity index (χ0v) is 4.93. The van der Waals surface area contributed by atoms with Crippen LogP contribution in [0.5, 0.6) is 0 Å². The summed E-state index contributed by atoms with van der Waals surface area (Å²) in [7, 11) is 0. The molecule has 0 amide bonds. The Balaban J connectivity index is 3.32. The molecule has 1 nitrogen and oxygen atoms in total. The fourth-order valence-corrected chi connectivity index (χ4v) is 0.581. The summed E-state index contributed by atoms with van der Waals surface area (Å²) in [5, 5.41) is 0. The Morgan fingerprint density at radius 1 is 2.00 bits per heavy atom. The molecule has 0 aromatic rings. The van der Waals surface area contributed by atoms with E-state index in [0.717, 1.165) is 0 Å². The molecule has 1 atom stereocenters. The van der Waals surface area contributed by atoms with Gasteiger partial charge in [-0.1, -0.05) is 12.2 Å². The first-order chi connectivity index (χ1) is 3.13. The summed E-state index contributed by atoms with van der Waals surface area (Å²) in [6.45, 7) is 5.00. The van der Waals surface area contributed by atoms with Gasteiger partial charge in [-0.2, -0.15) is 0 Å². The van der Waals surface area contributed by atoms with Crippen molar-refractivity contribution in [2.75, 3.05) is 5.75 Å². The summed E-state index contributed by atoms with van der Waals surface area (Å²) in [5.74, 6) is -0.0278. The molecule has 0 spiro atoms. The van der Waals surface area contributed by atoms with E-state index >= 15 is 0 Å². The Morgan fingerprint density at radius 2 is 2.43 bits per heavy atom. The van der Waals surface area contributed by atoms with Crippen LogP contribution in [0.3, 0.4) is 0 Å². The number of rotatable bonds is 2. The molecule has 0 N–H and O–H groups in total. The van der Waals surface area contributed by atoms with Crippen molar-refractivity contribution in [3.63, 3.8) is 0 Å². The third-order valence-electron chi connectivity index (χ3n) is 0.360. The van der Waals surface area contributed by atoms with Gasteiger partial charge in [0.15, 0.2) is 0 Å². The van der Waals surface area contributed by atoms with E-state index in [0.29, 0.717) is 5.57 Å². The van der Waals surface area contributed by atoms with Gasteiger partial charge in [0.25, 0.3) is 0 Å². The molecule has 0 aliphatic carbocycles. The Hall–Kier alpha value is -0.180. The van der Waals surface area contributed by atoms with E-state index in [1.807, 2.05) is 0 Å². The van der Waals surface area contributed by atoms with Gasteiger partial charge in [-0.15, -0.1) is 3.89 Å². The lowest BCUT2D eigenvalue weighted by Crippen LogP contribution is -1.88. The van der Waals surface area contributed by atoms with Crippen molar-refractivity contribution < 1.29 is 8.09 Å². The van der Waals surface area contributed by atoms with E-state index in [9.17, 15) is 8.09 Å². The largest absolute Gasteiger partial charge is 0.224 e. The minimum absolute atomic E-state index is 0.0278. The molecule has 0 aromatic heterocycles. The molecule has 0 aromatic carbocycles. The quantitative estimate of drug-likeness (QED) is 0.397. The summed E-state index contributed by atoms with van der Waals surface area (Å²) < 4.78 is 21.0. The summed E-state index contributed by atoms with van der Waals surface area (Å²) >= 11 is -2.20. The lowest BCUT2D eigenvalue weighted by molar-refractivity contribution is 0.651. The van der Waals surface area contributed by atoms with Crippen LogP contribution in [0.1, 0.15) is 6.92 Å². The maximum absolute atomic E-state index is 11.4. The number of halogens is 1. The average Bonchev–Trinajstić information content (AvgIpc) is 1.27. The fourth-order valence-electron chi connectivity index (χ4n) is 0.194. The Morgan fingerprint density at radius 3 is 2.43 bits per heavy atom. The molecule has 42 valence electrons. The monoisotopic (exact) mass is 122 g/mol. The molecule has 0 bridgehead atoms. The van der Waals surface area contributed by atoms with Crippen molar-refractivity contribution in [3.8, 4) is 0 Å². The third kappa shape index (κ3) is 5.82. The molecule has 0 aliphatic heterocycles. The van der Waals surface area contributed by atoms with Crippen LogP contribution >= 0.6 is 0 Å². The molecule has 0 aliphatic rings. The normalized spacial score (nSPS) is 13.4. The van der Waals surface area contributed by atoms with Gasteiger partial charge >= 0.3 is 0 Å². The van der Waals surface area contributed by atoms with Crippen molar-refractivity contribution in [3.05, 3.63) is 12.2 Å². The van der Waals surface area contributed by atoms with Crippen molar-refractivity contribution in [2.45, 2.75) is 6.92 Å². The van der Waals surface area contributed by atoms with E-state index in [2.05, 4.69) is 6.58 Å². The van der Waals surface area contributed by atoms with Crippen molar-refractivity contribution in [1.29, 1.82) is 0 Å². The minimum Gasteiger partial charge on any atom is -0.224 e. The highest BCUT2D eigenvalue weighted by Crippen LogP contribution is 1.91. The molecule has 0 saturated heterocycles. The molecule has 0 fully saturated rings. The van der Waals surface area contributed by atoms with Crippen LogP contribution in [-0.4, -0.2) is 9.96 Å². The van der Waals surface area contributed by atoms with E-state index in [-0.39, 0.29) is 5.75 Å². The lowest BCUT2D eigenvalue weighted by atomic mass is 10.4. The van der Waals surface area contributed by atoms with E-state index < -0.39 is 11.2 Å². The van der Waals surface area contributed by atoms with Crippen LogP contribution in [0, 0.1) is 0 Å². The first-order valence-electron chi connectivity index (χ1n) is 1.82. The molecule has 0 radical (unpaired) electrons.